The molecule has 41 heavy (non-hydrogen) atoms. The van der Waals surface area contributed by atoms with Gasteiger partial charge in [0.1, 0.15) is 16.6 Å². The molecule has 0 radical (unpaired) electrons. The Kier molecular flexibility index (Phi) is 6.33. The summed E-state index contributed by atoms with van der Waals surface area (Å²) in [5.74, 6) is 0.769. The summed E-state index contributed by atoms with van der Waals surface area (Å²) in [7, 11) is 0. The lowest BCUT2D eigenvalue weighted by molar-refractivity contribution is -0.0498. The van der Waals surface area contributed by atoms with Crippen molar-refractivity contribution < 1.29 is 13.5 Å². The van der Waals surface area contributed by atoms with Crippen LogP contribution in [0.15, 0.2) is 109 Å². The van der Waals surface area contributed by atoms with Crippen LogP contribution >= 0.6 is 11.3 Å². The first-order valence-corrected chi connectivity index (χ1v) is 13.7. The van der Waals surface area contributed by atoms with Crippen molar-refractivity contribution in [3.63, 3.8) is 0 Å². The minimum absolute atomic E-state index is 0.0841. The van der Waals surface area contributed by atoms with Gasteiger partial charge in [-0.25, -0.2) is 14.6 Å². The Morgan fingerprint density at radius 3 is 2.32 bits per heavy atom. The molecule has 0 bridgehead atoms. The van der Waals surface area contributed by atoms with Crippen molar-refractivity contribution in [3.05, 3.63) is 126 Å². The molecule has 0 unspecified atom stereocenters. The van der Waals surface area contributed by atoms with E-state index < -0.39 is 6.61 Å². The molecule has 200 valence electrons. The number of nitrogens with one attached hydrogen (secondary N) is 1. The number of halogens is 2. The van der Waals surface area contributed by atoms with Gasteiger partial charge in [-0.15, -0.1) is 11.3 Å². The van der Waals surface area contributed by atoms with E-state index in [1.165, 1.54) is 12.1 Å². The fraction of sp³-hybridized carbons (Fsp3) is 0.0312. The Labute approximate surface area is 237 Å². The maximum Gasteiger partial charge on any atom is 0.387 e. The van der Waals surface area contributed by atoms with Gasteiger partial charge in [0.2, 0.25) is 0 Å². The van der Waals surface area contributed by atoms with Crippen molar-refractivity contribution in [1.82, 2.24) is 24.7 Å². The molecular formula is C32H21F2N5OS. The van der Waals surface area contributed by atoms with Gasteiger partial charge in [-0.3, -0.25) is 0 Å². The number of alkyl halides is 2. The highest BCUT2D eigenvalue weighted by Gasteiger charge is 2.19. The highest BCUT2D eigenvalue weighted by atomic mass is 32.1. The molecule has 0 saturated carbocycles. The SMILES string of the molecule is FC(F)Oc1ccc(-c2nn(-c3ccccc3)cc2C=C(c2nc3ccccc3[nH]2)c2nc3ccccc3s2)cc1. The first-order chi connectivity index (χ1) is 20.1. The topological polar surface area (TPSA) is 68.6 Å². The quantitative estimate of drug-likeness (QED) is 0.213. The standard InChI is InChI=1S/C32H21F2N5OS/c33-32(34)40-23-16-14-20(15-17-23)29-21(19-39(38-29)22-8-2-1-3-9-22)18-24(30-35-25-10-4-5-11-26(25)36-30)31-37-27-12-6-7-13-28(27)41-31/h1-19,32H,(H,35,36). The van der Waals surface area contributed by atoms with Crippen LogP contribution in [0, 0.1) is 0 Å². The van der Waals surface area contributed by atoms with Gasteiger partial charge in [0.25, 0.3) is 0 Å². The highest BCUT2D eigenvalue weighted by Crippen LogP contribution is 2.35. The normalized spacial score (nSPS) is 12.0. The maximum atomic E-state index is 12.8. The third-order valence-electron chi connectivity index (χ3n) is 6.58. The molecule has 0 aliphatic heterocycles. The van der Waals surface area contributed by atoms with Gasteiger partial charge in [0.15, 0.2) is 0 Å². The molecule has 9 heteroatoms. The number of hydrogen-bond acceptors (Lipinski definition) is 5. The minimum Gasteiger partial charge on any atom is -0.435 e. The van der Waals surface area contributed by atoms with Gasteiger partial charge in [-0.2, -0.15) is 13.9 Å². The van der Waals surface area contributed by atoms with Crippen molar-refractivity contribution in [2.75, 3.05) is 0 Å². The van der Waals surface area contributed by atoms with Crippen molar-refractivity contribution in [1.29, 1.82) is 0 Å². The molecule has 0 fully saturated rings. The number of aromatic nitrogens is 5. The first-order valence-electron chi connectivity index (χ1n) is 12.8. The summed E-state index contributed by atoms with van der Waals surface area (Å²) < 4.78 is 33.0. The molecule has 0 amide bonds. The molecule has 0 atom stereocenters. The lowest BCUT2D eigenvalue weighted by atomic mass is 10.1. The largest absolute Gasteiger partial charge is 0.435 e. The average molecular weight is 562 g/mol. The molecule has 0 aliphatic rings. The number of H-pyrrole nitrogens is 1. The Bertz CT molecular complexity index is 1870. The second-order valence-electron chi connectivity index (χ2n) is 9.26. The Balaban J connectivity index is 1.43. The number of fused-ring (bicyclic) bond motifs is 2. The van der Waals surface area contributed by atoms with Crippen LogP contribution in [0.25, 0.3) is 49.8 Å². The molecule has 0 aliphatic carbocycles. The van der Waals surface area contributed by atoms with Crippen molar-refractivity contribution >= 4 is 44.2 Å². The molecule has 3 heterocycles. The van der Waals surface area contributed by atoms with Gasteiger partial charge < -0.3 is 9.72 Å². The number of ether oxygens (including phenoxy) is 1. The molecule has 0 spiro atoms. The molecule has 3 aromatic heterocycles. The third-order valence-corrected chi connectivity index (χ3v) is 7.65. The van der Waals surface area contributed by atoms with Crippen LogP contribution in [0.5, 0.6) is 5.75 Å². The summed E-state index contributed by atoms with van der Waals surface area (Å²) in [6, 6.07) is 32.2. The molecule has 7 rings (SSSR count). The van der Waals surface area contributed by atoms with Crippen LogP contribution in [0.4, 0.5) is 8.78 Å². The molecule has 1 N–H and O–H groups in total. The summed E-state index contributed by atoms with van der Waals surface area (Å²) in [6.45, 7) is -2.89. The predicted molar refractivity (Wildman–Crippen MR) is 158 cm³/mol. The fourth-order valence-corrected chi connectivity index (χ4v) is 5.66. The van der Waals surface area contributed by atoms with E-state index in [0.29, 0.717) is 11.5 Å². The zero-order valence-corrected chi connectivity index (χ0v) is 22.2. The predicted octanol–water partition coefficient (Wildman–Crippen LogP) is 8.22. The number of rotatable bonds is 7. The van der Waals surface area contributed by atoms with Crippen molar-refractivity contribution in [2.24, 2.45) is 0 Å². The van der Waals surface area contributed by atoms with Gasteiger partial charge in [0, 0.05) is 17.3 Å². The summed E-state index contributed by atoms with van der Waals surface area (Å²) >= 11 is 1.59. The van der Waals surface area contributed by atoms with Gasteiger partial charge in [-0.05, 0) is 66.7 Å². The average Bonchev–Trinajstić information content (AvgIpc) is 3.73. The minimum atomic E-state index is -2.89. The molecule has 7 aromatic rings. The van der Waals surface area contributed by atoms with Crippen LogP contribution < -0.4 is 4.74 Å². The van der Waals surface area contributed by atoms with Crippen molar-refractivity contribution in [3.8, 4) is 22.7 Å². The van der Waals surface area contributed by atoms with Crippen LogP contribution in [-0.4, -0.2) is 31.3 Å². The van der Waals surface area contributed by atoms with Crippen LogP contribution in [0.3, 0.4) is 0 Å². The lowest BCUT2D eigenvalue weighted by Gasteiger charge is -2.06. The summed E-state index contributed by atoms with van der Waals surface area (Å²) in [5, 5.41) is 5.71. The number of benzene rings is 4. The summed E-state index contributed by atoms with van der Waals surface area (Å²) in [4.78, 5) is 13.3. The van der Waals surface area contributed by atoms with E-state index >= 15 is 0 Å². The van der Waals surface area contributed by atoms with Crippen LogP contribution in [-0.2, 0) is 0 Å². The van der Waals surface area contributed by atoms with Gasteiger partial charge in [-0.1, -0.05) is 42.5 Å². The van der Waals surface area contributed by atoms with Crippen LogP contribution in [0.1, 0.15) is 16.4 Å². The molecule has 0 saturated heterocycles. The van der Waals surface area contributed by atoms with Crippen molar-refractivity contribution in [2.45, 2.75) is 6.61 Å². The number of hydrogen-bond donors (Lipinski definition) is 1. The maximum absolute atomic E-state index is 12.8. The Morgan fingerprint density at radius 2 is 1.56 bits per heavy atom. The number of thiazole rings is 1. The number of para-hydroxylation sites is 4. The summed E-state index contributed by atoms with van der Waals surface area (Å²) in [5.41, 5.74) is 6.61. The van der Waals surface area contributed by atoms with E-state index in [-0.39, 0.29) is 5.75 Å². The number of aromatic amines is 1. The lowest BCUT2D eigenvalue weighted by Crippen LogP contribution is -2.01. The molecular weight excluding hydrogens is 540 g/mol. The fourth-order valence-electron chi connectivity index (χ4n) is 4.68. The number of imidazole rings is 1. The Morgan fingerprint density at radius 1 is 0.829 bits per heavy atom. The second kappa shape index (κ2) is 10.4. The van der Waals surface area contributed by atoms with E-state index in [2.05, 4.69) is 15.8 Å². The van der Waals surface area contributed by atoms with Gasteiger partial charge >= 0.3 is 6.61 Å². The monoisotopic (exact) mass is 561 g/mol. The van der Waals surface area contributed by atoms with E-state index in [9.17, 15) is 8.78 Å². The zero-order valence-electron chi connectivity index (χ0n) is 21.4. The van der Waals surface area contributed by atoms with E-state index in [1.807, 2.05) is 85.1 Å². The molecule has 4 aromatic carbocycles. The highest BCUT2D eigenvalue weighted by molar-refractivity contribution is 7.19. The Hall–Kier alpha value is -5.15. The third kappa shape index (κ3) is 4.99. The van der Waals surface area contributed by atoms with E-state index in [4.69, 9.17) is 15.1 Å². The summed E-state index contributed by atoms with van der Waals surface area (Å²) in [6.07, 6.45) is 3.98. The zero-order chi connectivity index (χ0) is 27.8. The number of nitrogens with zero attached hydrogens (tertiary/aromatic N) is 4. The van der Waals surface area contributed by atoms with E-state index in [1.54, 1.807) is 28.2 Å². The van der Waals surface area contributed by atoms with Gasteiger partial charge in [0.05, 0.1) is 38.2 Å². The first kappa shape index (κ1) is 24.9. The smallest absolute Gasteiger partial charge is 0.387 e. The molecule has 6 nitrogen and oxygen atoms in total. The van der Waals surface area contributed by atoms with Crippen LogP contribution in [0.2, 0.25) is 0 Å². The second-order valence-corrected chi connectivity index (χ2v) is 10.3. The van der Waals surface area contributed by atoms with E-state index in [0.717, 1.165) is 48.6 Å².